The van der Waals surface area contributed by atoms with E-state index in [1.54, 1.807) is 23.5 Å². The Balaban J connectivity index is 2.06. The molecule has 1 aromatic heterocycles. The van der Waals surface area contributed by atoms with E-state index in [1.807, 2.05) is 6.07 Å². The van der Waals surface area contributed by atoms with Crippen molar-refractivity contribution in [1.82, 2.24) is 10.3 Å². The van der Waals surface area contributed by atoms with Crippen molar-refractivity contribution in [3.8, 4) is 0 Å². The molecule has 114 valence electrons. The third-order valence-corrected chi connectivity index (χ3v) is 4.64. The molecule has 0 spiro atoms. The number of thiazole rings is 1. The topological polar surface area (TPSA) is 24.9 Å². The average molecular weight is 306 g/mol. The molecule has 2 nitrogen and oxygen atoms in total. The molecule has 1 aromatic carbocycles. The number of halogens is 1. The molecule has 2 aromatic rings. The van der Waals surface area contributed by atoms with Crippen LogP contribution < -0.4 is 5.32 Å². The minimum absolute atomic E-state index is 0.164. The fraction of sp³-hybridized carbons (Fsp3) is 0.471. The van der Waals surface area contributed by atoms with Crippen LogP contribution >= 0.6 is 11.3 Å². The number of nitrogens with one attached hydrogen (secondary N) is 1. The van der Waals surface area contributed by atoms with E-state index < -0.39 is 0 Å². The number of hydrogen-bond acceptors (Lipinski definition) is 3. The molecule has 1 N–H and O–H groups in total. The maximum absolute atomic E-state index is 13.3. The second-order valence-electron chi connectivity index (χ2n) is 5.44. The molecule has 2 rings (SSSR count). The number of aromatic nitrogens is 1. The number of aryl methyl sites for hydroxylation is 2. The molecule has 0 saturated carbocycles. The highest BCUT2D eigenvalue weighted by Gasteiger charge is 2.13. The van der Waals surface area contributed by atoms with E-state index in [-0.39, 0.29) is 5.82 Å². The summed E-state index contributed by atoms with van der Waals surface area (Å²) in [5.41, 5.74) is 2.16. The first kappa shape index (κ1) is 16.1. The first-order chi connectivity index (χ1) is 10.1. The fourth-order valence-electron chi connectivity index (χ4n) is 2.35. The van der Waals surface area contributed by atoms with E-state index in [1.165, 1.54) is 10.9 Å². The van der Waals surface area contributed by atoms with Gasteiger partial charge in [0.05, 0.1) is 10.7 Å². The van der Waals surface area contributed by atoms with Crippen molar-refractivity contribution in [2.75, 3.05) is 6.54 Å². The lowest BCUT2D eigenvalue weighted by Gasteiger charge is -2.17. The predicted octanol–water partition coefficient (Wildman–Crippen LogP) is 4.05. The van der Waals surface area contributed by atoms with Crippen LogP contribution in [0.3, 0.4) is 0 Å². The van der Waals surface area contributed by atoms with Crippen LogP contribution in [-0.4, -0.2) is 17.6 Å². The molecule has 0 aliphatic heterocycles. The van der Waals surface area contributed by atoms with Crippen LogP contribution in [0.1, 0.15) is 34.5 Å². The Morgan fingerprint density at radius 3 is 2.71 bits per heavy atom. The van der Waals surface area contributed by atoms with Crippen molar-refractivity contribution in [2.24, 2.45) is 0 Å². The number of benzene rings is 1. The summed E-state index contributed by atoms with van der Waals surface area (Å²) in [5, 5.41) is 4.72. The molecule has 0 saturated heterocycles. The monoisotopic (exact) mass is 306 g/mol. The quantitative estimate of drug-likeness (QED) is 0.834. The van der Waals surface area contributed by atoms with Crippen LogP contribution in [0.5, 0.6) is 0 Å². The lowest BCUT2D eigenvalue weighted by Crippen LogP contribution is -2.33. The molecule has 0 bridgehead atoms. The zero-order chi connectivity index (χ0) is 15.2. The summed E-state index contributed by atoms with van der Waals surface area (Å²) >= 11 is 1.76. The number of nitrogens with zero attached hydrogens (tertiary/aromatic N) is 1. The van der Waals surface area contributed by atoms with Gasteiger partial charge in [0, 0.05) is 17.3 Å². The van der Waals surface area contributed by atoms with Gasteiger partial charge in [0.25, 0.3) is 0 Å². The summed E-state index contributed by atoms with van der Waals surface area (Å²) in [5.74, 6) is -0.164. The Labute approximate surface area is 130 Å². The third-order valence-electron chi connectivity index (χ3n) is 3.55. The molecule has 0 fully saturated rings. The molecule has 1 atom stereocenters. The smallest absolute Gasteiger partial charge is 0.123 e. The second-order valence-corrected chi connectivity index (χ2v) is 6.73. The minimum Gasteiger partial charge on any atom is -0.313 e. The van der Waals surface area contributed by atoms with Crippen molar-refractivity contribution in [3.63, 3.8) is 0 Å². The van der Waals surface area contributed by atoms with E-state index in [0.29, 0.717) is 6.04 Å². The maximum atomic E-state index is 13.3. The predicted molar refractivity (Wildman–Crippen MR) is 87.5 cm³/mol. The van der Waals surface area contributed by atoms with Crippen molar-refractivity contribution in [2.45, 2.75) is 46.1 Å². The van der Waals surface area contributed by atoms with Gasteiger partial charge >= 0.3 is 0 Å². The highest BCUT2D eigenvalue weighted by molar-refractivity contribution is 7.11. The van der Waals surface area contributed by atoms with Crippen LogP contribution in [0.2, 0.25) is 0 Å². The Bertz CT molecular complexity index is 560. The van der Waals surface area contributed by atoms with Gasteiger partial charge in [-0.3, -0.25) is 0 Å². The Hall–Kier alpha value is -1.26. The molecule has 0 aliphatic carbocycles. The zero-order valence-corrected chi connectivity index (χ0v) is 13.8. The summed E-state index contributed by atoms with van der Waals surface area (Å²) < 4.78 is 13.3. The second kappa shape index (κ2) is 7.66. The van der Waals surface area contributed by atoms with Crippen LogP contribution in [0.25, 0.3) is 0 Å². The Kier molecular flexibility index (Phi) is 5.88. The van der Waals surface area contributed by atoms with Crippen LogP contribution in [-0.2, 0) is 12.8 Å². The van der Waals surface area contributed by atoms with Gasteiger partial charge in [0.15, 0.2) is 0 Å². The van der Waals surface area contributed by atoms with Crippen LogP contribution in [0, 0.1) is 19.7 Å². The van der Waals surface area contributed by atoms with Gasteiger partial charge in [-0.05, 0) is 50.9 Å². The number of rotatable bonds is 7. The molecule has 4 heteroatoms. The van der Waals surface area contributed by atoms with Crippen LogP contribution in [0.15, 0.2) is 24.3 Å². The van der Waals surface area contributed by atoms with Crippen molar-refractivity contribution < 1.29 is 4.39 Å². The Morgan fingerprint density at radius 1 is 1.29 bits per heavy atom. The van der Waals surface area contributed by atoms with Crippen molar-refractivity contribution >= 4 is 11.3 Å². The van der Waals surface area contributed by atoms with E-state index >= 15 is 0 Å². The average Bonchev–Trinajstić information content (AvgIpc) is 2.74. The highest BCUT2D eigenvalue weighted by atomic mass is 32.1. The first-order valence-electron chi connectivity index (χ1n) is 7.49. The molecular weight excluding hydrogens is 283 g/mol. The van der Waals surface area contributed by atoms with E-state index in [0.717, 1.165) is 42.1 Å². The van der Waals surface area contributed by atoms with E-state index in [9.17, 15) is 4.39 Å². The van der Waals surface area contributed by atoms with Gasteiger partial charge in [-0.1, -0.05) is 19.1 Å². The Morgan fingerprint density at radius 2 is 2.10 bits per heavy atom. The molecule has 21 heavy (non-hydrogen) atoms. The largest absolute Gasteiger partial charge is 0.313 e. The summed E-state index contributed by atoms with van der Waals surface area (Å²) in [6.07, 6.45) is 2.82. The SMILES string of the molecule is CCCNC(Cc1cccc(F)c1)Cc1nc(C)c(C)s1. The molecule has 0 aliphatic rings. The standard InChI is InChI=1S/C17H23FN2S/c1-4-8-19-16(10-14-6-5-7-15(18)9-14)11-17-20-12(2)13(3)21-17/h5-7,9,16,19H,4,8,10-11H2,1-3H3. The van der Waals surface area contributed by atoms with E-state index in [2.05, 4.69) is 31.1 Å². The zero-order valence-electron chi connectivity index (χ0n) is 12.9. The molecule has 0 amide bonds. The van der Waals surface area contributed by atoms with Gasteiger partial charge in [0.1, 0.15) is 5.82 Å². The van der Waals surface area contributed by atoms with E-state index in [4.69, 9.17) is 0 Å². The third kappa shape index (κ3) is 4.90. The van der Waals surface area contributed by atoms with Crippen LogP contribution in [0.4, 0.5) is 4.39 Å². The first-order valence-corrected chi connectivity index (χ1v) is 8.31. The summed E-state index contributed by atoms with van der Waals surface area (Å²) in [6.45, 7) is 7.29. The van der Waals surface area contributed by atoms with Gasteiger partial charge < -0.3 is 5.32 Å². The number of hydrogen-bond donors (Lipinski definition) is 1. The molecular formula is C17H23FN2S. The maximum Gasteiger partial charge on any atom is 0.123 e. The van der Waals surface area contributed by atoms with Crippen molar-refractivity contribution in [1.29, 1.82) is 0 Å². The van der Waals surface area contributed by atoms with Crippen molar-refractivity contribution in [3.05, 3.63) is 51.2 Å². The van der Waals surface area contributed by atoms with Gasteiger partial charge in [-0.2, -0.15) is 0 Å². The lowest BCUT2D eigenvalue weighted by molar-refractivity contribution is 0.502. The summed E-state index contributed by atoms with van der Waals surface area (Å²) in [6, 6.07) is 7.18. The summed E-state index contributed by atoms with van der Waals surface area (Å²) in [7, 11) is 0. The van der Waals surface area contributed by atoms with Gasteiger partial charge in [-0.15, -0.1) is 11.3 Å². The lowest BCUT2D eigenvalue weighted by atomic mass is 10.0. The molecule has 1 unspecified atom stereocenters. The van der Waals surface area contributed by atoms with Gasteiger partial charge in [-0.25, -0.2) is 9.37 Å². The molecule has 1 heterocycles. The summed E-state index contributed by atoms with van der Waals surface area (Å²) in [4.78, 5) is 5.90. The molecule has 0 radical (unpaired) electrons. The minimum atomic E-state index is -0.164. The fourth-order valence-corrected chi connectivity index (χ4v) is 3.36. The highest BCUT2D eigenvalue weighted by Crippen LogP contribution is 2.19. The van der Waals surface area contributed by atoms with Gasteiger partial charge in [0.2, 0.25) is 0 Å². The normalized spacial score (nSPS) is 12.6.